The summed E-state index contributed by atoms with van der Waals surface area (Å²) in [7, 11) is 2.07. The smallest absolute Gasteiger partial charge is 0.0641 e. The van der Waals surface area contributed by atoms with E-state index < -0.39 is 0 Å². The summed E-state index contributed by atoms with van der Waals surface area (Å²) in [5.74, 6) is 0. The number of nitrogens with one attached hydrogen (secondary N) is 1. The van der Waals surface area contributed by atoms with Crippen LogP contribution in [0.15, 0.2) is 0 Å². The number of likely N-dealkylation sites (N-methyl/N-ethyl adjacent to an activating group) is 1. The average Bonchev–Trinajstić information content (AvgIpc) is 2.66. The van der Waals surface area contributed by atoms with Crippen LogP contribution in [0.1, 0.15) is 36.7 Å². The highest BCUT2D eigenvalue weighted by molar-refractivity contribution is 5.24. The van der Waals surface area contributed by atoms with E-state index in [0.717, 1.165) is 19.6 Å². The second-order valence-electron chi connectivity index (χ2n) is 5.33. The Morgan fingerprint density at radius 3 is 2.78 bits per heavy atom. The molecule has 0 bridgehead atoms. The molecule has 2 rings (SSSR count). The van der Waals surface area contributed by atoms with E-state index >= 15 is 0 Å². The topological polar surface area (TPSA) is 33.1 Å². The lowest BCUT2D eigenvalue weighted by Crippen LogP contribution is -2.44. The largest absolute Gasteiger partial charge is 0.316 e. The van der Waals surface area contributed by atoms with Crippen molar-refractivity contribution < 1.29 is 0 Å². The number of rotatable bonds is 4. The predicted molar refractivity (Wildman–Crippen MR) is 74.7 cm³/mol. The lowest BCUT2D eigenvalue weighted by molar-refractivity contribution is 0.187. The van der Waals surface area contributed by atoms with Gasteiger partial charge in [-0.15, -0.1) is 0 Å². The van der Waals surface area contributed by atoms with Crippen molar-refractivity contribution in [1.29, 1.82) is 0 Å². The van der Waals surface area contributed by atoms with E-state index in [4.69, 9.17) is 0 Å². The lowest BCUT2D eigenvalue weighted by Gasteiger charge is -2.32. The van der Waals surface area contributed by atoms with Gasteiger partial charge >= 0.3 is 0 Å². The summed E-state index contributed by atoms with van der Waals surface area (Å²) in [6.07, 6.45) is 2.60. The summed E-state index contributed by atoms with van der Waals surface area (Å²) in [6.45, 7) is 10.9. The Hall–Kier alpha value is -0.870. The monoisotopic (exact) mass is 250 g/mol. The van der Waals surface area contributed by atoms with Gasteiger partial charge in [-0.2, -0.15) is 5.10 Å². The molecule has 1 atom stereocenters. The van der Waals surface area contributed by atoms with Crippen molar-refractivity contribution in [2.45, 2.75) is 52.7 Å². The van der Waals surface area contributed by atoms with Crippen LogP contribution in [0.2, 0.25) is 0 Å². The minimum absolute atomic E-state index is 0.653. The van der Waals surface area contributed by atoms with Crippen LogP contribution < -0.4 is 5.32 Å². The molecule has 2 heterocycles. The molecule has 1 aromatic heterocycles. The van der Waals surface area contributed by atoms with Crippen molar-refractivity contribution in [1.82, 2.24) is 20.0 Å². The molecule has 0 aromatic carbocycles. The van der Waals surface area contributed by atoms with Crippen LogP contribution in [0.25, 0.3) is 0 Å². The zero-order valence-electron chi connectivity index (χ0n) is 12.2. The first kappa shape index (κ1) is 13.6. The van der Waals surface area contributed by atoms with E-state index in [1.807, 2.05) is 0 Å². The highest BCUT2D eigenvalue weighted by Crippen LogP contribution is 2.18. The number of hydrogen-bond acceptors (Lipinski definition) is 3. The molecule has 1 fully saturated rings. The van der Waals surface area contributed by atoms with Crippen LogP contribution in [0.5, 0.6) is 0 Å². The van der Waals surface area contributed by atoms with Gasteiger partial charge < -0.3 is 5.32 Å². The molecule has 4 nitrogen and oxygen atoms in total. The SMILES string of the molecule is CCn1nc(C)c(CN2CCCC(NC)C2)c1C. The van der Waals surface area contributed by atoms with Crippen molar-refractivity contribution in [3.05, 3.63) is 17.0 Å². The van der Waals surface area contributed by atoms with Gasteiger partial charge in [0.1, 0.15) is 0 Å². The van der Waals surface area contributed by atoms with Crippen molar-refractivity contribution in [2.75, 3.05) is 20.1 Å². The summed E-state index contributed by atoms with van der Waals surface area (Å²) in [6, 6.07) is 0.653. The highest BCUT2D eigenvalue weighted by atomic mass is 15.3. The zero-order valence-corrected chi connectivity index (χ0v) is 12.2. The predicted octanol–water partition coefficient (Wildman–Crippen LogP) is 1.70. The van der Waals surface area contributed by atoms with Crippen molar-refractivity contribution in [2.24, 2.45) is 0 Å². The third-order valence-corrected chi connectivity index (χ3v) is 4.13. The molecule has 1 aliphatic rings. The van der Waals surface area contributed by atoms with Crippen molar-refractivity contribution >= 4 is 0 Å². The van der Waals surface area contributed by atoms with E-state index in [1.165, 1.54) is 36.3 Å². The van der Waals surface area contributed by atoms with Crippen LogP contribution in [-0.2, 0) is 13.1 Å². The van der Waals surface area contributed by atoms with Crippen LogP contribution >= 0.6 is 0 Å². The molecule has 1 aromatic rings. The molecule has 0 radical (unpaired) electrons. The minimum atomic E-state index is 0.653. The molecule has 1 saturated heterocycles. The maximum atomic E-state index is 4.61. The molecule has 1 N–H and O–H groups in total. The van der Waals surface area contributed by atoms with E-state index in [-0.39, 0.29) is 0 Å². The molecule has 102 valence electrons. The van der Waals surface area contributed by atoms with E-state index in [0.29, 0.717) is 6.04 Å². The van der Waals surface area contributed by atoms with Crippen LogP contribution in [-0.4, -0.2) is 40.9 Å². The van der Waals surface area contributed by atoms with Gasteiger partial charge in [0, 0.05) is 36.9 Å². The summed E-state index contributed by atoms with van der Waals surface area (Å²) in [4.78, 5) is 2.56. The molecule has 0 amide bonds. The van der Waals surface area contributed by atoms with Crippen molar-refractivity contribution in [3.63, 3.8) is 0 Å². The Labute approximate surface area is 110 Å². The third-order valence-electron chi connectivity index (χ3n) is 4.13. The van der Waals surface area contributed by atoms with Crippen LogP contribution in [0.4, 0.5) is 0 Å². The fourth-order valence-corrected chi connectivity index (χ4v) is 2.93. The highest BCUT2D eigenvalue weighted by Gasteiger charge is 2.21. The Kier molecular flexibility index (Phi) is 4.40. The number of aryl methyl sites for hydroxylation is 2. The minimum Gasteiger partial charge on any atom is -0.316 e. The standard InChI is InChI=1S/C14H26N4/c1-5-18-12(3)14(11(2)16-18)10-17-8-6-7-13(9-17)15-4/h13,15H,5-10H2,1-4H3. The molecule has 4 heteroatoms. The van der Waals surface area contributed by atoms with Crippen molar-refractivity contribution in [3.8, 4) is 0 Å². The first-order valence-electron chi connectivity index (χ1n) is 7.08. The molecule has 1 unspecified atom stereocenters. The first-order chi connectivity index (χ1) is 8.65. The zero-order chi connectivity index (χ0) is 13.1. The quantitative estimate of drug-likeness (QED) is 0.883. The van der Waals surface area contributed by atoms with E-state index in [9.17, 15) is 0 Å². The van der Waals surface area contributed by atoms with Gasteiger partial charge in [0.05, 0.1) is 5.69 Å². The van der Waals surface area contributed by atoms with Gasteiger partial charge in [-0.05, 0) is 47.2 Å². The summed E-state index contributed by atoms with van der Waals surface area (Å²) in [5.41, 5.74) is 3.95. The van der Waals surface area contributed by atoms with E-state index in [1.54, 1.807) is 0 Å². The number of aromatic nitrogens is 2. The fourth-order valence-electron chi connectivity index (χ4n) is 2.93. The summed E-state index contributed by atoms with van der Waals surface area (Å²) < 4.78 is 2.12. The lowest BCUT2D eigenvalue weighted by atomic mass is 10.0. The second kappa shape index (κ2) is 5.85. The van der Waals surface area contributed by atoms with Gasteiger partial charge in [0.2, 0.25) is 0 Å². The Morgan fingerprint density at radius 1 is 1.39 bits per heavy atom. The maximum absolute atomic E-state index is 4.61. The average molecular weight is 250 g/mol. The number of piperidine rings is 1. The summed E-state index contributed by atoms with van der Waals surface area (Å²) >= 11 is 0. The molecule has 1 aliphatic heterocycles. The molecule has 0 saturated carbocycles. The Morgan fingerprint density at radius 2 is 2.17 bits per heavy atom. The first-order valence-corrected chi connectivity index (χ1v) is 7.08. The van der Waals surface area contributed by atoms with Gasteiger partial charge in [-0.25, -0.2) is 0 Å². The third kappa shape index (κ3) is 2.75. The van der Waals surface area contributed by atoms with E-state index in [2.05, 4.69) is 47.8 Å². The molecule has 18 heavy (non-hydrogen) atoms. The van der Waals surface area contributed by atoms with Crippen LogP contribution in [0.3, 0.4) is 0 Å². The number of likely N-dealkylation sites (tertiary alicyclic amines) is 1. The fraction of sp³-hybridized carbons (Fsp3) is 0.786. The Balaban J connectivity index is 2.07. The van der Waals surface area contributed by atoms with Gasteiger partial charge in [0.15, 0.2) is 0 Å². The molecule has 0 aliphatic carbocycles. The van der Waals surface area contributed by atoms with Gasteiger partial charge in [-0.1, -0.05) is 0 Å². The second-order valence-corrected chi connectivity index (χ2v) is 5.33. The number of hydrogen-bond donors (Lipinski definition) is 1. The summed E-state index contributed by atoms with van der Waals surface area (Å²) in [5, 5.41) is 8.01. The van der Waals surface area contributed by atoms with Gasteiger partial charge in [-0.3, -0.25) is 9.58 Å². The Bertz CT molecular complexity index is 397. The number of nitrogens with zero attached hydrogens (tertiary/aromatic N) is 3. The maximum Gasteiger partial charge on any atom is 0.0641 e. The van der Waals surface area contributed by atoms with Gasteiger partial charge in [0.25, 0.3) is 0 Å². The molecule has 0 spiro atoms. The molecular weight excluding hydrogens is 224 g/mol. The van der Waals surface area contributed by atoms with Crippen LogP contribution in [0, 0.1) is 13.8 Å². The molecular formula is C14H26N4. The normalized spacial score (nSPS) is 21.4.